The van der Waals surface area contributed by atoms with Gasteiger partial charge in [-0.3, -0.25) is 0 Å². The molecule has 0 amide bonds. The molecule has 0 atom stereocenters. The van der Waals surface area contributed by atoms with Gasteiger partial charge in [0.2, 0.25) is 0 Å². The van der Waals surface area contributed by atoms with Crippen molar-refractivity contribution in [3.63, 3.8) is 0 Å². The molecule has 3 aromatic carbocycles. The van der Waals surface area contributed by atoms with Crippen LogP contribution >= 0.6 is 0 Å². The van der Waals surface area contributed by atoms with Gasteiger partial charge in [-0.1, -0.05) is 91.0 Å². The van der Waals surface area contributed by atoms with Gasteiger partial charge in [-0.15, -0.1) is 0 Å². The topological polar surface area (TPSA) is 26.3 Å². The van der Waals surface area contributed by atoms with Crippen molar-refractivity contribution in [2.45, 2.75) is 5.60 Å². The summed E-state index contributed by atoms with van der Waals surface area (Å²) in [5.74, 6) is 0. The van der Waals surface area contributed by atoms with E-state index in [9.17, 15) is 4.79 Å². The van der Waals surface area contributed by atoms with E-state index in [1.165, 1.54) is 0 Å². The first-order valence-electron chi connectivity index (χ1n) is 7.62. The first-order chi connectivity index (χ1) is 11.4. The molecule has 0 aliphatic heterocycles. The Labute approximate surface area is 136 Å². The normalized spacial score (nSPS) is 11.1. The molecule has 114 valence electrons. The van der Waals surface area contributed by atoms with Crippen molar-refractivity contribution in [3.05, 3.63) is 108 Å². The zero-order chi connectivity index (χ0) is 16.0. The minimum atomic E-state index is -0.801. The van der Waals surface area contributed by atoms with Crippen LogP contribution in [0, 0.1) is 0 Å². The molecule has 0 heterocycles. The van der Waals surface area contributed by atoms with E-state index in [0.717, 1.165) is 23.0 Å². The molecule has 0 fully saturated rings. The minimum Gasteiger partial charge on any atom is -0.353 e. The third-order valence-electron chi connectivity index (χ3n) is 3.91. The summed E-state index contributed by atoms with van der Waals surface area (Å²) in [7, 11) is 0. The smallest absolute Gasteiger partial charge is 0.145 e. The molecule has 0 saturated heterocycles. The Morgan fingerprint density at radius 3 is 1.30 bits per heavy atom. The first kappa shape index (κ1) is 15.2. The third-order valence-corrected chi connectivity index (χ3v) is 3.91. The molecule has 0 radical (unpaired) electrons. The number of rotatable bonds is 6. The Morgan fingerprint density at radius 1 is 0.652 bits per heavy atom. The second kappa shape index (κ2) is 7.03. The fourth-order valence-electron chi connectivity index (χ4n) is 2.93. The van der Waals surface area contributed by atoms with E-state index >= 15 is 0 Å². The first-order valence-corrected chi connectivity index (χ1v) is 7.62. The molecule has 0 aromatic heterocycles. The molecule has 0 aliphatic carbocycles. The van der Waals surface area contributed by atoms with Crippen LogP contribution in [0.3, 0.4) is 0 Å². The lowest BCUT2D eigenvalue weighted by Gasteiger charge is -2.35. The van der Waals surface area contributed by atoms with Crippen molar-refractivity contribution in [2.24, 2.45) is 0 Å². The highest BCUT2D eigenvalue weighted by Gasteiger charge is 2.37. The van der Waals surface area contributed by atoms with Crippen LogP contribution < -0.4 is 0 Å². The van der Waals surface area contributed by atoms with Crippen molar-refractivity contribution >= 4 is 6.29 Å². The van der Waals surface area contributed by atoms with Crippen LogP contribution in [0.1, 0.15) is 16.7 Å². The van der Waals surface area contributed by atoms with Gasteiger partial charge in [-0.2, -0.15) is 0 Å². The number of ether oxygens (including phenoxy) is 1. The van der Waals surface area contributed by atoms with E-state index in [-0.39, 0.29) is 6.61 Å². The number of hydrogen-bond acceptors (Lipinski definition) is 2. The molecule has 2 heteroatoms. The van der Waals surface area contributed by atoms with Crippen LogP contribution in [0.25, 0.3) is 0 Å². The van der Waals surface area contributed by atoms with Gasteiger partial charge in [0, 0.05) is 0 Å². The molecule has 23 heavy (non-hydrogen) atoms. The molecule has 0 aliphatic rings. The zero-order valence-electron chi connectivity index (χ0n) is 12.8. The Bertz CT molecular complexity index is 640. The van der Waals surface area contributed by atoms with E-state index in [2.05, 4.69) is 0 Å². The molecule has 3 aromatic rings. The standard InChI is InChI=1S/C21H18O2/c22-16-17-23-21(18-10-4-1-5-11-18,19-12-6-2-7-13-19)20-14-8-3-9-15-20/h1-16H,17H2. The SMILES string of the molecule is O=CCOC(c1ccccc1)(c1ccccc1)c1ccccc1. The number of benzene rings is 3. The Hall–Kier alpha value is -2.71. The maximum atomic E-state index is 11.0. The molecule has 0 spiro atoms. The summed E-state index contributed by atoms with van der Waals surface area (Å²) in [5.41, 5.74) is 2.20. The van der Waals surface area contributed by atoms with E-state index < -0.39 is 5.60 Å². The van der Waals surface area contributed by atoms with Crippen LogP contribution in [0.4, 0.5) is 0 Å². The van der Waals surface area contributed by atoms with E-state index in [1.54, 1.807) is 0 Å². The van der Waals surface area contributed by atoms with Crippen LogP contribution in [0.15, 0.2) is 91.0 Å². The lowest BCUT2D eigenvalue weighted by Crippen LogP contribution is -2.33. The lowest BCUT2D eigenvalue weighted by molar-refractivity contribution is -0.115. The summed E-state index contributed by atoms with van der Waals surface area (Å²) in [6.07, 6.45) is 0.795. The predicted octanol–water partition coefficient (Wildman–Crippen LogP) is 4.19. The van der Waals surface area contributed by atoms with Gasteiger partial charge in [0.05, 0.1) is 0 Å². The van der Waals surface area contributed by atoms with Gasteiger partial charge >= 0.3 is 0 Å². The second-order valence-electron chi connectivity index (χ2n) is 5.26. The Morgan fingerprint density at radius 2 is 1.00 bits per heavy atom. The molecular weight excluding hydrogens is 284 g/mol. The molecule has 0 unspecified atom stereocenters. The number of carbonyl (C=O) groups is 1. The van der Waals surface area contributed by atoms with Crippen molar-refractivity contribution in [2.75, 3.05) is 6.61 Å². The van der Waals surface area contributed by atoms with Crippen LogP contribution in [0.5, 0.6) is 0 Å². The van der Waals surface area contributed by atoms with Crippen molar-refractivity contribution in [1.29, 1.82) is 0 Å². The van der Waals surface area contributed by atoms with E-state index in [0.29, 0.717) is 0 Å². The monoisotopic (exact) mass is 302 g/mol. The summed E-state index contributed by atoms with van der Waals surface area (Å²) < 4.78 is 6.17. The Kier molecular flexibility index (Phi) is 4.65. The summed E-state index contributed by atoms with van der Waals surface area (Å²) in [6.45, 7) is 0.0265. The highest BCUT2D eigenvalue weighted by atomic mass is 16.5. The molecule has 3 rings (SSSR count). The van der Waals surface area contributed by atoms with Gasteiger partial charge < -0.3 is 9.53 Å². The quantitative estimate of drug-likeness (QED) is 0.504. The Balaban J connectivity index is 2.27. The van der Waals surface area contributed by atoms with Crippen LogP contribution in [-0.2, 0) is 15.1 Å². The summed E-state index contributed by atoms with van der Waals surface area (Å²) in [6, 6.07) is 30.0. The van der Waals surface area contributed by atoms with Gasteiger partial charge in [-0.25, -0.2) is 0 Å². The summed E-state index contributed by atoms with van der Waals surface area (Å²) in [5, 5.41) is 0. The molecular formula is C21H18O2. The highest BCUT2D eigenvalue weighted by molar-refractivity contribution is 5.53. The maximum Gasteiger partial charge on any atom is 0.145 e. The molecule has 0 N–H and O–H groups in total. The van der Waals surface area contributed by atoms with E-state index in [4.69, 9.17) is 4.74 Å². The number of carbonyl (C=O) groups excluding carboxylic acids is 1. The minimum absolute atomic E-state index is 0.0265. The van der Waals surface area contributed by atoms with Gasteiger partial charge in [0.25, 0.3) is 0 Å². The van der Waals surface area contributed by atoms with Gasteiger partial charge in [0.1, 0.15) is 18.5 Å². The van der Waals surface area contributed by atoms with Gasteiger partial charge in [0.15, 0.2) is 0 Å². The average Bonchev–Trinajstić information content (AvgIpc) is 2.65. The zero-order valence-corrected chi connectivity index (χ0v) is 12.8. The largest absolute Gasteiger partial charge is 0.353 e. The lowest BCUT2D eigenvalue weighted by atomic mass is 9.80. The molecule has 0 saturated carbocycles. The fraction of sp³-hybridized carbons (Fsp3) is 0.0952. The fourth-order valence-corrected chi connectivity index (χ4v) is 2.93. The maximum absolute atomic E-state index is 11.0. The second-order valence-corrected chi connectivity index (χ2v) is 5.26. The van der Waals surface area contributed by atoms with E-state index in [1.807, 2.05) is 91.0 Å². The third kappa shape index (κ3) is 2.94. The summed E-state index contributed by atoms with van der Waals surface area (Å²) >= 11 is 0. The average molecular weight is 302 g/mol. The van der Waals surface area contributed by atoms with Crippen LogP contribution in [0.2, 0.25) is 0 Å². The number of aldehydes is 1. The predicted molar refractivity (Wildman–Crippen MR) is 91.2 cm³/mol. The summed E-state index contributed by atoms with van der Waals surface area (Å²) in [4.78, 5) is 11.0. The molecule has 2 nitrogen and oxygen atoms in total. The molecule has 0 bridgehead atoms. The number of hydrogen-bond donors (Lipinski definition) is 0. The van der Waals surface area contributed by atoms with Crippen molar-refractivity contribution in [1.82, 2.24) is 0 Å². The highest BCUT2D eigenvalue weighted by Crippen LogP contribution is 2.40. The van der Waals surface area contributed by atoms with Crippen molar-refractivity contribution < 1.29 is 9.53 Å². The van der Waals surface area contributed by atoms with Gasteiger partial charge in [-0.05, 0) is 16.7 Å². The van der Waals surface area contributed by atoms with Crippen LogP contribution in [-0.4, -0.2) is 12.9 Å². The van der Waals surface area contributed by atoms with Crippen molar-refractivity contribution in [3.8, 4) is 0 Å².